The number of rotatable bonds is 3. The average molecular weight is 329 g/mol. The number of nitrogen functional groups attached to an aromatic ring is 1. The molecule has 0 fully saturated rings. The lowest BCUT2D eigenvalue weighted by Crippen LogP contribution is -2.00. The van der Waals surface area contributed by atoms with Crippen LogP contribution in [0.1, 0.15) is 0 Å². The minimum absolute atomic E-state index is 0.139. The van der Waals surface area contributed by atoms with Gasteiger partial charge >= 0.3 is 0 Å². The SMILES string of the molecule is COc1cc(Br)cc(Nc2cc(F)cc(F)c2N)c1. The molecule has 0 spiro atoms. The third kappa shape index (κ3) is 3.14. The van der Waals surface area contributed by atoms with Gasteiger partial charge in [-0.2, -0.15) is 0 Å². The summed E-state index contributed by atoms with van der Waals surface area (Å²) in [4.78, 5) is 0. The number of ether oxygens (including phenoxy) is 1. The molecule has 100 valence electrons. The van der Waals surface area contributed by atoms with Crippen LogP contribution in [-0.4, -0.2) is 7.11 Å². The second-order valence-corrected chi connectivity index (χ2v) is 4.77. The summed E-state index contributed by atoms with van der Waals surface area (Å²) in [7, 11) is 1.53. The van der Waals surface area contributed by atoms with E-state index in [-0.39, 0.29) is 11.4 Å². The second-order valence-electron chi connectivity index (χ2n) is 3.85. The standard InChI is InChI=1S/C13H11BrF2N2O/c1-19-10-3-7(14)2-9(6-10)18-12-5-8(15)4-11(16)13(12)17/h2-6,18H,17H2,1H3. The lowest BCUT2D eigenvalue weighted by atomic mass is 10.2. The van der Waals surface area contributed by atoms with Gasteiger partial charge in [0.05, 0.1) is 18.5 Å². The van der Waals surface area contributed by atoms with Crippen LogP contribution in [0.25, 0.3) is 0 Å². The maximum atomic E-state index is 13.3. The summed E-state index contributed by atoms with van der Waals surface area (Å²) in [5, 5.41) is 2.85. The van der Waals surface area contributed by atoms with Crippen molar-refractivity contribution in [2.24, 2.45) is 0 Å². The van der Waals surface area contributed by atoms with Crippen LogP contribution in [0.4, 0.5) is 25.8 Å². The van der Waals surface area contributed by atoms with Crippen LogP contribution < -0.4 is 15.8 Å². The molecule has 0 unspecified atom stereocenters. The fraction of sp³-hybridized carbons (Fsp3) is 0.0769. The molecule has 2 aromatic carbocycles. The highest BCUT2D eigenvalue weighted by molar-refractivity contribution is 9.10. The van der Waals surface area contributed by atoms with Gasteiger partial charge in [0, 0.05) is 22.3 Å². The van der Waals surface area contributed by atoms with Gasteiger partial charge in [0.1, 0.15) is 11.6 Å². The quantitative estimate of drug-likeness (QED) is 0.835. The highest BCUT2D eigenvalue weighted by Crippen LogP contribution is 2.30. The summed E-state index contributed by atoms with van der Waals surface area (Å²) >= 11 is 3.32. The molecule has 19 heavy (non-hydrogen) atoms. The van der Waals surface area contributed by atoms with Crippen molar-refractivity contribution in [1.82, 2.24) is 0 Å². The molecule has 2 aromatic rings. The Morgan fingerprint density at radius 3 is 2.58 bits per heavy atom. The zero-order valence-electron chi connectivity index (χ0n) is 10.0. The lowest BCUT2D eigenvalue weighted by Gasteiger charge is -2.12. The summed E-state index contributed by atoms with van der Waals surface area (Å²) in [5.74, 6) is -0.895. The smallest absolute Gasteiger partial charge is 0.151 e. The van der Waals surface area contributed by atoms with E-state index in [1.807, 2.05) is 0 Å². The van der Waals surface area contributed by atoms with Crippen LogP contribution in [0.15, 0.2) is 34.8 Å². The normalized spacial score (nSPS) is 10.3. The van der Waals surface area contributed by atoms with E-state index < -0.39 is 11.6 Å². The number of nitrogens with two attached hydrogens (primary N) is 1. The molecule has 3 nitrogen and oxygen atoms in total. The molecule has 2 rings (SSSR count). The van der Waals surface area contributed by atoms with E-state index in [1.54, 1.807) is 18.2 Å². The number of hydrogen-bond donors (Lipinski definition) is 2. The van der Waals surface area contributed by atoms with Crippen molar-refractivity contribution < 1.29 is 13.5 Å². The molecule has 0 aromatic heterocycles. The van der Waals surface area contributed by atoms with Crippen LogP contribution in [0.2, 0.25) is 0 Å². The third-order valence-corrected chi connectivity index (χ3v) is 2.94. The monoisotopic (exact) mass is 328 g/mol. The summed E-state index contributed by atoms with van der Waals surface area (Å²) < 4.78 is 32.4. The molecule has 0 heterocycles. The Balaban J connectivity index is 2.38. The van der Waals surface area contributed by atoms with Crippen LogP contribution in [0.5, 0.6) is 5.75 Å². The molecule has 0 bridgehead atoms. The molecule has 3 N–H and O–H groups in total. The molecule has 0 saturated heterocycles. The van der Waals surface area contributed by atoms with Gasteiger partial charge in [-0.05, 0) is 18.2 Å². The highest BCUT2D eigenvalue weighted by atomic mass is 79.9. The van der Waals surface area contributed by atoms with Crippen molar-refractivity contribution >= 4 is 33.0 Å². The Hall–Kier alpha value is -1.82. The predicted molar refractivity (Wildman–Crippen MR) is 74.7 cm³/mol. The van der Waals surface area contributed by atoms with Crippen molar-refractivity contribution in [3.8, 4) is 5.75 Å². The molecule has 0 aliphatic carbocycles. The molecular formula is C13H11BrF2N2O. The van der Waals surface area contributed by atoms with Gasteiger partial charge in [-0.15, -0.1) is 0 Å². The number of benzene rings is 2. The lowest BCUT2D eigenvalue weighted by molar-refractivity contribution is 0.415. The number of anilines is 3. The third-order valence-electron chi connectivity index (χ3n) is 2.48. The van der Waals surface area contributed by atoms with Crippen molar-refractivity contribution in [3.05, 3.63) is 46.4 Å². The van der Waals surface area contributed by atoms with E-state index in [0.29, 0.717) is 11.4 Å². The topological polar surface area (TPSA) is 47.3 Å². The van der Waals surface area contributed by atoms with Crippen molar-refractivity contribution in [3.63, 3.8) is 0 Å². The maximum absolute atomic E-state index is 13.3. The zero-order valence-corrected chi connectivity index (χ0v) is 11.6. The van der Waals surface area contributed by atoms with Crippen LogP contribution in [0.3, 0.4) is 0 Å². The maximum Gasteiger partial charge on any atom is 0.151 e. The van der Waals surface area contributed by atoms with E-state index in [1.165, 1.54) is 7.11 Å². The molecule has 6 heteroatoms. The summed E-state index contributed by atoms with van der Waals surface area (Å²) in [6, 6.07) is 7.06. The van der Waals surface area contributed by atoms with Gasteiger partial charge in [-0.3, -0.25) is 0 Å². The number of methoxy groups -OCH3 is 1. The van der Waals surface area contributed by atoms with Crippen LogP contribution in [0, 0.1) is 11.6 Å². The second kappa shape index (κ2) is 5.44. The predicted octanol–water partition coefficient (Wildman–Crippen LogP) is 4.06. The molecule has 0 atom stereocenters. The molecule has 0 aliphatic heterocycles. The van der Waals surface area contributed by atoms with Crippen molar-refractivity contribution in [2.75, 3.05) is 18.2 Å². The van der Waals surface area contributed by atoms with Crippen LogP contribution >= 0.6 is 15.9 Å². The fourth-order valence-corrected chi connectivity index (χ4v) is 2.07. The Bertz CT molecular complexity index is 620. The molecule has 0 amide bonds. The van der Waals surface area contributed by atoms with E-state index in [9.17, 15) is 8.78 Å². The number of halogens is 3. The first kappa shape index (κ1) is 13.6. The Labute approximate surface area is 117 Å². The minimum Gasteiger partial charge on any atom is -0.497 e. The Kier molecular flexibility index (Phi) is 3.90. The molecule has 0 radical (unpaired) electrons. The van der Waals surface area contributed by atoms with E-state index >= 15 is 0 Å². The number of nitrogens with one attached hydrogen (secondary N) is 1. The average Bonchev–Trinajstić information content (AvgIpc) is 2.34. The van der Waals surface area contributed by atoms with Crippen molar-refractivity contribution in [2.45, 2.75) is 0 Å². The van der Waals surface area contributed by atoms with Gasteiger partial charge in [-0.25, -0.2) is 8.78 Å². The van der Waals surface area contributed by atoms with E-state index in [4.69, 9.17) is 10.5 Å². The molecular weight excluding hydrogens is 318 g/mol. The molecule has 0 saturated carbocycles. The van der Waals surface area contributed by atoms with Gasteiger partial charge < -0.3 is 15.8 Å². The summed E-state index contributed by atoms with van der Waals surface area (Å²) in [6.07, 6.45) is 0. The van der Waals surface area contributed by atoms with Gasteiger partial charge in [-0.1, -0.05) is 15.9 Å². The number of hydrogen-bond acceptors (Lipinski definition) is 3. The van der Waals surface area contributed by atoms with Gasteiger partial charge in [0.2, 0.25) is 0 Å². The van der Waals surface area contributed by atoms with Crippen molar-refractivity contribution in [1.29, 1.82) is 0 Å². The van der Waals surface area contributed by atoms with E-state index in [0.717, 1.165) is 16.6 Å². The van der Waals surface area contributed by atoms with Crippen LogP contribution in [-0.2, 0) is 0 Å². The largest absolute Gasteiger partial charge is 0.497 e. The van der Waals surface area contributed by atoms with Gasteiger partial charge in [0.15, 0.2) is 5.82 Å². The molecule has 0 aliphatic rings. The minimum atomic E-state index is -0.801. The first-order valence-corrected chi connectivity index (χ1v) is 6.15. The highest BCUT2D eigenvalue weighted by Gasteiger charge is 2.09. The first-order chi connectivity index (χ1) is 8.99. The Morgan fingerprint density at radius 1 is 1.16 bits per heavy atom. The first-order valence-electron chi connectivity index (χ1n) is 5.35. The van der Waals surface area contributed by atoms with E-state index in [2.05, 4.69) is 21.2 Å². The fourth-order valence-electron chi connectivity index (χ4n) is 1.60. The summed E-state index contributed by atoms with van der Waals surface area (Å²) in [5.41, 5.74) is 6.19. The zero-order chi connectivity index (χ0) is 14.0. The Morgan fingerprint density at radius 2 is 1.89 bits per heavy atom. The summed E-state index contributed by atoms with van der Waals surface area (Å²) in [6.45, 7) is 0. The van der Waals surface area contributed by atoms with Gasteiger partial charge in [0.25, 0.3) is 0 Å².